The number of carbonyl (C=O) groups excluding carboxylic acids is 4. The Morgan fingerprint density at radius 3 is 1.57 bits per heavy atom. The van der Waals surface area contributed by atoms with Gasteiger partial charge in [0.05, 0.1) is 50.9 Å². The first-order valence-electron chi connectivity index (χ1n) is 13.4. The summed E-state index contributed by atoms with van der Waals surface area (Å²) in [4.78, 5) is 56.8. The number of halogens is 1. The van der Waals surface area contributed by atoms with Crippen molar-refractivity contribution in [2.24, 2.45) is 5.92 Å². The van der Waals surface area contributed by atoms with E-state index in [4.69, 9.17) is 24.1 Å². The number of amides is 4. The summed E-state index contributed by atoms with van der Waals surface area (Å²) >= 11 is 3.08. The molecule has 0 aromatic rings. The van der Waals surface area contributed by atoms with Crippen molar-refractivity contribution in [2.75, 3.05) is 84.4 Å². The molecule has 0 aromatic carbocycles. The summed E-state index contributed by atoms with van der Waals surface area (Å²) in [6, 6.07) is 0. The van der Waals surface area contributed by atoms with Gasteiger partial charge in [0, 0.05) is 32.6 Å². The highest BCUT2D eigenvalue weighted by atomic mass is 79.9. The largest absolute Gasteiger partial charge is 0.481 e. The maximum atomic E-state index is 11.7. The van der Waals surface area contributed by atoms with Gasteiger partial charge < -0.3 is 45.3 Å². The SMILES string of the molecule is C[C@@H](CCC(=O)NCCOCCOCC(=O)NCCOCCOCC(=O)NCCCCCNC(=O)CBr)C(=O)O. The summed E-state index contributed by atoms with van der Waals surface area (Å²) in [5, 5.41) is 19.9. The first kappa shape index (κ1) is 37.7. The number of carboxylic acids is 1. The Morgan fingerprint density at radius 2 is 1.07 bits per heavy atom. The highest BCUT2D eigenvalue weighted by Crippen LogP contribution is 2.04. The molecule has 1 atom stereocenters. The molecule has 40 heavy (non-hydrogen) atoms. The smallest absolute Gasteiger partial charge is 0.306 e. The number of carbonyl (C=O) groups is 5. The summed E-state index contributed by atoms with van der Waals surface area (Å²) in [7, 11) is 0. The normalized spacial score (nSPS) is 11.4. The minimum absolute atomic E-state index is 0.0367. The van der Waals surface area contributed by atoms with Crippen LogP contribution in [0.25, 0.3) is 0 Å². The highest BCUT2D eigenvalue weighted by molar-refractivity contribution is 9.09. The maximum absolute atomic E-state index is 11.7. The molecule has 0 rings (SSSR count). The molecule has 0 unspecified atom stereocenters. The number of alkyl halides is 1. The van der Waals surface area contributed by atoms with E-state index in [-0.39, 0.29) is 76.1 Å². The number of carboxylic acid groups (broad SMARTS) is 1. The van der Waals surface area contributed by atoms with Crippen LogP contribution in [0.1, 0.15) is 39.0 Å². The van der Waals surface area contributed by atoms with Crippen molar-refractivity contribution in [3.05, 3.63) is 0 Å². The number of aliphatic carboxylic acids is 1. The number of unbranched alkanes of at least 4 members (excludes halogenated alkanes) is 2. The first-order chi connectivity index (χ1) is 19.3. The van der Waals surface area contributed by atoms with Crippen molar-refractivity contribution in [3.63, 3.8) is 0 Å². The van der Waals surface area contributed by atoms with Crippen LogP contribution in [0, 0.1) is 5.92 Å². The van der Waals surface area contributed by atoms with Crippen LogP contribution >= 0.6 is 15.9 Å². The molecule has 0 heterocycles. The van der Waals surface area contributed by atoms with Crippen molar-refractivity contribution >= 4 is 45.5 Å². The molecule has 0 fully saturated rings. The predicted molar refractivity (Wildman–Crippen MR) is 149 cm³/mol. The summed E-state index contributed by atoms with van der Waals surface area (Å²) in [6.07, 6.45) is 3.01. The number of rotatable bonds is 27. The number of ether oxygens (including phenoxy) is 4. The van der Waals surface area contributed by atoms with Crippen molar-refractivity contribution < 1.29 is 48.0 Å². The molecule has 15 heteroatoms. The Labute approximate surface area is 244 Å². The molecule has 0 radical (unpaired) electrons. The van der Waals surface area contributed by atoms with Gasteiger partial charge >= 0.3 is 5.97 Å². The Bertz CT molecular complexity index is 730. The van der Waals surface area contributed by atoms with Crippen LogP contribution in [-0.2, 0) is 42.9 Å². The van der Waals surface area contributed by atoms with Crippen molar-refractivity contribution in [3.8, 4) is 0 Å². The lowest BCUT2D eigenvalue weighted by molar-refractivity contribution is -0.141. The average Bonchev–Trinajstić information content (AvgIpc) is 2.93. The fraction of sp³-hybridized carbons (Fsp3) is 0.800. The van der Waals surface area contributed by atoms with E-state index in [1.807, 2.05) is 0 Å². The van der Waals surface area contributed by atoms with Gasteiger partial charge in [-0.1, -0.05) is 22.9 Å². The zero-order valence-electron chi connectivity index (χ0n) is 23.3. The highest BCUT2D eigenvalue weighted by Gasteiger charge is 2.12. The molecule has 0 aliphatic heterocycles. The molecule has 0 aliphatic rings. The summed E-state index contributed by atoms with van der Waals surface area (Å²) in [5.74, 6) is -2.23. The van der Waals surface area contributed by atoms with E-state index in [9.17, 15) is 24.0 Å². The molecular formula is C25H45BrN4O10. The third-order valence-corrected chi connectivity index (χ3v) is 5.70. The van der Waals surface area contributed by atoms with E-state index in [1.54, 1.807) is 6.92 Å². The summed E-state index contributed by atoms with van der Waals surface area (Å²) in [6.45, 7) is 4.78. The molecular weight excluding hydrogens is 596 g/mol. The Kier molecular flexibility index (Phi) is 25.3. The van der Waals surface area contributed by atoms with Crippen LogP contribution < -0.4 is 21.3 Å². The number of hydrogen-bond donors (Lipinski definition) is 5. The van der Waals surface area contributed by atoms with Gasteiger partial charge in [-0.2, -0.15) is 0 Å². The monoisotopic (exact) mass is 640 g/mol. The van der Waals surface area contributed by atoms with Gasteiger partial charge in [-0.3, -0.25) is 24.0 Å². The zero-order chi connectivity index (χ0) is 29.8. The second-order valence-corrected chi connectivity index (χ2v) is 9.26. The lowest BCUT2D eigenvalue weighted by Gasteiger charge is -2.09. The van der Waals surface area contributed by atoms with E-state index in [2.05, 4.69) is 37.2 Å². The van der Waals surface area contributed by atoms with Gasteiger partial charge in [0.2, 0.25) is 23.6 Å². The minimum Gasteiger partial charge on any atom is -0.481 e. The van der Waals surface area contributed by atoms with Crippen LogP contribution in [0.4, 0.5) is 0 Å². The van der Waals surface area contributed by atoms with Gasteiger partial charge in [0.1, 0.15) is 13.2 Å². The van der Waals surface area contributed by atoms with Crippen LogP contribution in [0.2, 0.25) is 0 Å². The quantitative estimate of drug-likeness (QED) is 0.0582. The Hall–Kier alpha value is -2.33. The van der Waals surface area contributed by atoms with Gasteiger partial charge in [0.15, 0.2) is 0 Å². The molecule has 0 saturated heterocycles. The lowest BCUT2D eigenvalue weighted by Crippen LogP contribution is -2.32. The summed E-state index contributed by atoms with van der Waals surface area (Å²) in [5.41, 5.74) is 0. The third kappa shape index (κ3) is 25.9. The molecule has 5 N–H and O–H groups in total. The fourth-order valence-electron chi connectivity index (χ4n) is 2.89. The average molecular weight is 642 g/mol. The molecule has 0 aromatic heterocycles. The zero-order valence-corrected chi connectivity index (χ0v) is 24.9. The van der Waals surface area contributed by atoms with Crippen LogP contribution in [0.15, 0.2) is 0 Å². The molecule has 0 spiro atoms. The fourth-order valence-corrected chi connectivity index (χ4v) is 3.08. The van der Waals surface area contributed by atoms with Gasteiger partial charge in [-0.25, -0.2) is 0 Å². The predicted octanol–water partition coefficient (Wildman–Crippen LogP) is -0.416. The Balaban J connectivity index is 3.38. The lowest BCUT2D eigenvalue weighted by atomic mass is 10.1. The van der Waals surface area contributed by atoms with Crippen LogP contribution in [0.5, 0.6) is 0 Å². The van der Waals surface area contributed by atoms with E-state index in [0.29, 0.717) is 44.7 Å². The first-order valence-corrected chi connectivity index (χ1v) is 14.5. The van der Waals surface area contributed by atoms with E-state index < -0.39 is 11.9 Å². The van der Waals surface area contributed by atoms with Crippen LogP contribution in [0.3, 0.4) is 0 Å². The second-order valence-electron chi connectivity index (χ2n) is 8.70. The van der Waals surface area contributed by atoms with Gasteiger partial charge in [-0.15, -0.1) is 0 Å². The molecule has 0 saturated carbocycles. The molecule has 4 amide bonds. The van der Waals surface area contributed by atoms with E-state index in [1.165, 1.54) is 0 Å². The van der Waals surface area contributed by atoms with Crippen molar-refractivity contribution in [2.45, 2.75) is 39.0 Å². The topological polar surface area (TPSA) is 191 Å². The van der Waals surface area contributed by atoms with Crippen LogP contribution in [-0.4, -0.2) is 119 Å². The van der Waals surface area contributed by atoms with Crippen molar-refractivity contribution in [1.82, 2.24) is 21.3 Å². The number of hydrogen-bond acceptors (Lipinski definition) is 9. The molecule has 14 nitrogen and oxygen atoms in total. The molecule has 232 valence electrons. The minimum atomic E-state index is -0.923. The summed E-state index contributed by atoms with van der Waals surface area (Å²) < 4.78 is 21.1. The van der Waals surface area contributed by atoms with Gasteiger partial charge in [0.25, 0.3) is 0 Å². The van der Waals surface area contributed by atoms with Crippen molar-refractivity contribution in [1.29, 1.82) is 0 Å². The van der Waals surface area contributed by atoms with E-state index in [0.717, 1.165) is 19.3 Å². The van der Waals surface area contributed by atoms with E-state index >= 15 is 0 Å². The Morgan fingerprint density at radius 1 is 0.625 bits per heavy atom. The maximum Gasteiger partial charge on any atom is 0.306 e. The third-order valence-electron chi connectivity index (χ3n) is 5.19. The molecule has 0 bridgehead atoms. The molecule has 0 aliphatic carbocycles. The second kappa shape index (κ2) is 26.9. The standard InChI is InChI=1S/C25H45BrN4O10/c1-20(25(35)36)5-6-21(31)29-9-11-37-13-16-40-19-24(34)30-10-12-38-14-15-39-18-23(33)28-8-4-2-3-7-27-22(32)17-26/h20H,2-19H2,1H3,(H,27,32)(H,28,33)(H,29,31)(H,30,34)(H,35,36)/t20-/m0/s1. The van der Waals surface area contributed by atoms with Gasteiger partial charge in [-0.05, 0) is 25.7 Å². The number of nitrogens with one attached hydrogen (secondary N) is 4.